The van der Waals surface area contributed by atoms with Crippen LogP contribution < -0.4 is 0 Å². The van der Waals surface area contributed by atoms with Gasteiger partial charge in [-0.3, -0.25) is 9.69 Å². The smallest absolute Gasteiger partial charge is 0.219 e. The molecular formula is C24H30N2O2. The van der Waals surface area contributed by atoms with Gasteiger partial charge in [-0.1, -0.05) is 54.1 Å². The standard InChI is InChI=1S/C24H30N2O2/c1-17-6-5-7-21(14-17)19-8-10-20(11-9-19)24-22-15-25(18(2)28)12-3-4-13-26(22)23(24)16-27/h5-11,14,22-24,27H,3-4,12-13,15-16H2,1-2H3/t22-,23-,24-/m1/s1. The Morgan fingerprint density at radius 2 is 1.82 bits per heavy atom. The van der Waals surface area contributed by atoms with Crippen molar-refractivity contribution in [3.05, 3.63) is 59.7 Å². The van der Waals surface area contributed by atoms with Gasteiger partial charge in [-0.15, -0.1) is 0 Å². The van der Waals surface area contributed by atoms with Gasteiger partial charge in [0.2, 0.25) is 5.91 Å². The van der Waals surface area contributed by atoms with Crippen molar-refractivity contribution in [3.8, 4) is 11.1 Å². The largest absolute Gasteiger partial charge is 0.395 e. The fourth-order valence-corrected chi connectivity index (χ4v) is 4.95. The number of rotatable bonds is 3. The van der Waals surface area contributed by atoms with Crippen LogP contribution in [0.4, 0.5) is 0 Å². The van der Waals surface area contributed by atoms with Gasteiger partial charge in [-0.05, 0) is 43.0 Å². The molecule has 2 heterocycles. The Balaban J connectivity index is 1.58. The van der Waals surface area contributed by atoms with E-state index >= 15 is 0 Å². The van der Waals surface area contributed by atoms with Crippen molar-refractivity contribution in [1.82, 2.24) is 9.80 Å². The number of fused-ring (bicyclic) bond motifs is 1. The summed E-state index contributed by atoms with van der Waals surface area (Å²) >= 11 is 0. The molecule has 0 aromatic heterocycles. The third-order valence-electron chi connectivity index (χ3n) is 6.46. The monoisotopic (exact) mass is 378 g/mol. The SMILES string of the molecule is CC(=O)N1CCCCN2[C@H](CO)[C@H](c3ccc(-c4cccc(C)c4)cc3)[C@H]2C1. The molecule has 2 aliphatic heterocycles. The van der Waals surface area contributed by atoms with Gasteiger partial charge in [-0.2, -0.15) is 0 Å². The van der Waals surface area contributed by atoms with Crippen molar-refractivity contribution in [2.24, 2.45) is 0 Å². The molecule has 2 fully saturated rings. The van der Waals surface area contributed by atoms with Crippen LogP contribution in [0.3, 0.4) is 0 Å². The number of carbonyl (C=O) groups is 1. The minimum Gasteiger partial charge on any atom is -0.395 e. The van der Waals surface area contributed by atoms with E-state index in [-0.39, 0.29) is 24.5 Å². The number of carbonyl (C=O) groups excluding carboxylic acids is 1. The van der Waals surface area contributed by atoms with Gasteiger partial charge in [0.25, 0.3) is 0 Å². The summed E-state index contributed by atoms with van der Waals surface area (Å²) in [5.41, 5.74) is 4.97. The Bertz CT molecular complexity index is 833. The summed E-state index contributed by atoms with van der Waals surface area (Å²) in [6.07, 6.45) is 2.12. The van der Waals surface area contributed by atoms with Crippen molar-refractivity contribution in [2.75, 3.05) is 26.2 Å². The Morgan fingerprint density at radius 3 is 2.50 bits per heavy atom. The van der Waals surface area contributed by atoms with Crippen LogP contribution in [0.25, 0.3) is 11.1 Å². The lowest BCUT2D eigenvalue weighted by Gasteiger charge is -2.57. The second-order valence-electron chi connectivity index (χ2n) is 8.24. The highest BCUT2D eigenvalue weighted by molar-refractivity contribution is 5.73. The summed E-state index contributed by atoms with van der Waals surface area (Å²) in [6, 6.07) is 17.8. The molecule has 4 nitrogen and oxygen atoms in total. The first kappa shape index (κ1) is 19.2. The van der Waals surface area contributed by atoms with Crippen LogP contribution in [-0.2, 0) is 4.79 Å². The van der Waals surface area contributed by atoms with Crippen molar-refractivity contribution >= 4 is 5.91 Å². The molecule has 148 valence electrons. The van der Waals surface area contributed by atoms with Crippen molar-refractivity contribution in [2.45, 2.75) is 44.7 Å². The van der Waals surface area contributed by atoms with E-state index in [1.807, 2.05) is 4.90 Å². The molecule has 2 aromatic rings. The molecule has 1 N–H and O–H groups in total. The van der Waals surface area contributed by atoms with E-state index in [1.165, 1.54) is 22.3 Å². The third kappa shape index (κ3) is 3.59. The predicted octanol–water partition coefficient (Wildman–Crippen LogP) is 3.43. The first-order valence-corrected chi connectivity index (χ1v) is 10.4. The molecule has 28 heavy (non-hydrogen) atoms. The molecule has 0 bridgehead atoms. The molecular weight excluding hydrogens is 348 g/mol. The Hall–Kier alpha value is -2.17. The van der Waals surface area contributed by atoms with Gasteiger partial charge in [0.15, 0.2) is 0 Å². The minimum absolute atomic E-state index is 0.154. The summed E-state index contributed by atoms with van der Waals surface area (Å²) in [5, 5.41) is 10.0. The van der Waals surface area contributed by atoms with E-state index in [1.54, 1.807) is 6.92 Å². The van der Waals surface area contributed by atoms with Crippen molar-refractivity contribution in [3.63, 3.8) is 0 Å². The Morgan fingerprint density at radius 1 is 1.07 bits per heavy atom. The molecule has 2 aromatic carbocycles. The van der Waals surface area contributed by atoms with Crippen LogP contribution in [0.2, 0.25) is 0 Å². The molecule has 3 atom stereocenters. The van der Waals surface area contributed by atoms with Gasteiger partial charge >= 0.3 is 0 Å². The highest BCUT2D eigenvalue weighted by atomic mass is 16.3. The zero-order chi connectivity index (χ0) is 19.7. The van der Waals surface area contributed by atoms with E-state index in [2.05, 4.69) is 60.4 Å². The summed E-state index contributed by atoms with van der Waals surface area (Å²) in [5.74, 6) is 0.430. The molecule has 0 unspecified atom stereocenters. The summed E-state index contributed by atoms with van der Waals surface area (Å²) < 4.78 is 0. The Kier molecular flexibility index (Phi) is 5.51. The fraction of sp³-hybridized carbons (Fsp3) is 0.458. The molecule has 0 aliphatic carbocycles. The van der Waals surface area contributed by atoms with Gasteiger partial charge in [0.05, 0.1) is 6.61 Å². The van der Waals surface area contributed by atoms with E-state index in [0.29, 0.717) is 6.04 Å². The zero-order valence-corrected chi connectivity index (χ0v) is 16.8. The van der Waals surface area contributed by atoms with Crippen molar-refractivity contribution in [1.29, 1.82) is 0 Å². The Labute approximate surface area is 167 Å². The molecule has 1 amide bonds. The number of nitrogens with zero attached hydrogens (tertiary/aromatic N) is 2. The molecule has 0 spiro atoms. The lowest BCUT2D eigenvalue weighted by atomic mass is 9.74. The predicted molar refractivity (Wildman–Crippen MR) is 112 cm³/mol. The van der Waals surface area contributed by atoms with Crippen LogP contribution in [-0.4, -0.2) is 59.1 Å². The molecule has 0 saturated carbocycles. The average molecular weight is 379 g/mol. The van der Waals surface area contributed by atoms with E-state index in [0.717, 1.165) is 32.5 Å². The van der Waals surface area contributed by atoms with Crippen LogP contribution in [0.5, 0.6) is 0 Å². The number of aliphatic hydroxyl groups excluding tert-OH is 1. The molecule has 2 aliphatic rings. The van der Waals surface area contributed by atoms with Gasteiger partial charge in [0.1, 0.15) is 0 Å². The first-order valence-electron chi connectivity index (χ1n) is 10.4. The van der Waals surface area contributed by atoms with Gasteiger partial charge < -0.3 is 10.0 Å². The number of aliphatic hydroxyl groups is 1. The van der Waals surface area contributed by atoms with Crippen LogP contribution in [0.15, 0.2) is 48.5 Å². The fourth-order valence-electron chi connectivity index (χ4n) is 4.95. The van der Waals surface area contributed by atoms with E-state index in [9.17, 15) is 9.90 Å². The molecule has 4 heteroatoms. The highest BCUT2D eigenvalue weighted by Crippen LogP contribution is 2.42. The summed E-state index contributed by atoms with van der Waals surface area (Å²) in [7, 11) is 0. The van der Waals surface area contributed by atoms with E-state index < -0.39 is 0 Å². The average Bonchev–Trinajstić information content (AvgIpc) is 2.67. The van der Waals surface area contributed by atoms with E-state index in [4.69, 9.17) is 0 Å². The quantitative estimate of drug-likeness (QED) is 0.890. The summed E-state index contributed by atoms with van der Waals surface area (Å²) in [4.78, 5) is 16.4. The molecule has 2 saturated heterocycles. The maximum atomic E-state index is 12.0. The highest BCUT2D eigenvalue weighted by Gasteiger charge is 2.49. The first-order chi connectivity index (χ1) is 13.6. The zero-order valence-electron chi connectivity index (χ0n) is 16.8. The second kappa shape index (κ2) is 8.06. The maximum Gasteiger partial charge on any atom is 0.219 e. The van der Waals surface area contributed by atoms with Crippen LogP contribution >= 0.6 is 0 Å². The van der Waals surface area contributed by atoms with Crippen LogP contribution in [0.1, 0.15) is 36.8 Å². The lowest BCUT2D eigenvalue weighted by molar-refractivity contribution is -0.134. The number of benzene rings is 2. The van der Waals surface area contributed by atoms with Crippen molar-refractivity contribution < 1.29 is 9.90 Å². The minimum atomic E-state index is 0.154. The maximum absolute atomic E-state index is 12.0. The lowest BCUT2D eigenvalue weighted by Crippen LogP contribution is -2.67. The normalized spacial score (nSPS) is 25.4. The number of amides is 1. The van der Waals surface area contributed by atoms with Gasteiger partial charge in [-0.25, -0.2) is 0 Å². The number of hydrogen-bond donors (Lipinski definition) is 1. The second-order valence-corrected chi connectivity index (χ2v) is 8.24. The van der Waals surface area contributed by atoms with Gasteiger partial charge in [0, 0.05) is 38.0 Å². The topological polar surface area (TPSA) is 43.8 Å². The summed E-state index contributed by atoms with van der Waals surface area (Å²) in [6.45, 7) is 6.57. The molecule has 4 rings (SSSR count). The van der Waals surface area contributed by atoms with Crippen LogP contribution in [0, 0.1) is 6.92 Å². The third-order valence-corrected chi connectivity index (χ3v) is 6.46. The number of aryl methyl sites for hydroxylation is 1. The molecule has 0 radical (unpaired) electrons. The number of hydrogen-bond acceptors (Lipinski definition) is 3.